The molecule has 0 atom stereocenters. The Balaban J connectivity index is 2.79. The largest absolute Gasteiger partial charge is 0.451 e. The van der Waals surface area contributed by atoms with Gasteiger partial charge >= 0.3 is 6.18 Å². The van der Waals surface area contributed by atoms with Gasteiger partial charge in [0.1, 0.15) is 0 Å². The summed E-state index contributed by atoms with van der Waals surface area (Å²) in [5.74, 6) is 4.49. The lowest BCUT2D eigenvalue weighted by Crippen LogP contribution is -2.10. The molecule has 0 N–H and O–H groups in total. The van der Waals surface area contributed by atoms with Crippen molar-refractivity contribution in [1.29, 1.82) is 0 Å². The van der Waals surface area contributed by atoms with Crippen LogP contribution in [-0.2, 0) is 6.18 Å². The van der Waals surface area contributed by atoms with E-state index in [2.05, 4.69) is 21.8 Å². The molecule has 0 fully saturated rings. The molecule has 0 spiro atoms. The van der Waals surface area contributed by atoms with E-state index in [4.69, 9.17) is 11.6 Å². The third-order valence-electron chi connectivity index (χ3n) is 1.36. The molecule has 1 heterocycles. The predicted molar refractivity (Wildman–Crippen MR) is 49.2 cm³/mol. The van der Waals surface area contributed by atoms with E-state index in [9.17, 15) is 13.2 Å². The van der Waals surface area contributed by atoms with E-state index < -0.39 is 12.0 Å². The van der Waals surface area contributed by atoms with Gasteiger partial charge in [-0.1, -0.05) is 11.8 Å². The van der Waals surface area contributed by atoms with E-state index in [1.807, 2.05) is 0 Å². The second-order valence-electron chi connectivity index (χ2n) is 2.53. The monoisotopic (exact) mass is 234 g/mol. The highest BCUT2D eigenvalue weighted by molar-refractivity contribution is 6.18. The maximum atomic E-state index is 12.0. The minimum atomic E-state index is -4.51. The highest BCUT2D eigenvalue weighted by Gasteiger charge is 2.34. The zero-order valence-corrected chi connectivity index (χ0v) is 8.23. The van der Waals surface area contributed by atoms with Crippen LogP contribution in [0.15, 0.2) is 12.4 Å². The normalized spacial score (nSPS) is 10.7. The Morgan fingerprint density at radius 2 is 1.87 bits per heavy atom. The van der Waals surface area contributed by atoms with Gasteiger partial charge in [-0.3, -0.25) is 0 Å². The fourth-order valence-corrected chi connectivity index (χ4v) is 0.845. The van der Waals surface area contributed by atoms with Crippen molar-refractivity contribution in [2.45, 2.75) is 12.6 Å². The average Bonchev–Trinajstić information content (AvgIpc) is 2.18. The molecule has 0 unspecified atom stereocenters. The Labute approximate surface area is 89.5 Å². The maximum absolute atomic E-state index is 12.0. The van der Waals surface area contributed by atoms with Gasteiger partial charge in [0, 0.05) is 24.7 Å². The van der Waals surface area contributed by atoms with E-state index in [0.29, 0.717) is 17.9 Å². The van der Waals surface area contributed by atoms with Crippen LogP contribution < -0.4 is 0 Å². The van der Waals surface area contributed by atoms with Crippen molar-refractivity contribution >= 4 is 11.6 Å². The molecular weight excluding hydrogens is 229 g/mol. The topological polar surface area (TPSA) is 25.8 Å². The molecule has 0 saturated heterocycles. The first-order valence-electron chi connectivity index (χ1n) is 3.98. The zero-order valence-electron chi connectivity index (χ0n) is 7.48. The van der Waals surface area contributed by atoms with Crippen LogP contribution >= 0.6 is 11.6 Å². The number of aromatic nitrogens is 2. The van der Waals surface area contributed by atoms with Gasteiger partial charge in [0.2, 0.25) is 5.82 Å². The van der Waals surface area contributed by atoms with Crippen LogP contribution in [0, 0.1) is 11.8 Å². The molecule has 0 aliphatic carbocycles. The highest BCUT2D eigenvalue weighted by atomic mass is 35.5. The van der Waals surface area contributed by atoms with Crippen LogP contribution in [0.1, 0.15) is 17.8 Å². The van der Waals surface area contributed by atoms with Gasteiger partial charge in [0.05, 0.1) is 5.56 Å². The maximum Gasteiger partial charge on any atom is 0.451 e. The average molecular weight is 235 g/mol. The zero-order chi connectivity index (χ0) is 11.3. The van der Waals surface area contributed by atoms with Crippen molar-refractivity contribution in [2.24, 2.45) is 0 Å². The summed E-state index contributed by atoms with van der Waals surface area (Å²) in [6, 6.07) is 0. The summed E-state index contributed by atoms with van der Waals surface area (Å²) in [6.07, 6.45) is -1.96. The predicted octanol–water partition coefficient (Wildman–Crippen LogP) is 2.48. The third kappa shape index (κ3) is 3.76. The quantitative estimate of drug-likeness (QED) is 0.551. The van der Waals surface area contributed by atoms with Crippen molar-refractivity contribution in [3.8, 4) is 11.8 Å². The Kier molecular flexibility index (Phi) is 3.92. The molecule has 1 aromatic heterocycles. The smallest absolute Gasteiger partial charge is 0.232 e. The molecule has 0 aromatic carbocycles. The molecule has 0 aliphatic rings. The van der Waals surface area contributed by atoms with Crippen molar-refractivity contribution in [1.82, 2.24) is 9.97 Å². The summed E-state index contributed by atoms with van der Waals surface area (Å²) in [5, 5.41) is 0. The second-order valence-corrected chi connectivity index (χ2v) is 2.91. The number of hydrogen-bond donors (Lipinski definition) is 0. The summed E-state index contributed by atoms with van der Waals surface area (Å²) in [5.41, 5.74) is 0.341. The molecule has 80 valence electrons. The molecule has 0 amide bonds. The summed E-state index contributed by atoms with van der Waals surface area (Å²) < 4.78 is 36.1. The van der Waals surface area contributed by atoms with Gasteiger partial charge in [-0.25, -0.2) is 9.97 Å². The number of alkyl halides is 4. The fraction of sp³-hybridized carbons (Fsp3) is 0.333. The molecule has 6 heteroatoms. The fourth-order valence-electron chi connectivity index (χ4n) is 0.751. The lowest BCUT2D eigenvalue weighted by atomic mass is 10.3. The molecule has 0 saturated carbocycles. The minimum Gasteiger partial charge on any atom is -0.232 e. The van der Waals surface area contributed by atoms with Crippen molar-refractivity contribution < 1.29 is 13.2 Å². The van der Waals surface area contributed by atoms with Gasteiger partial charge < -0.3 is 0 Å². The van der Waals surface area contributed by atoms with Gasteiger partial charge in [0.25, 0.3) is 0 Å². The number of hydrogen-bond acceptors (Lipinski definition) is 2. The Morgan fingerprint density at radius 1 is 1.27 bits per heavy atom. The van der Waals surface area contributed by atoms with Gasteiger partial charge in [-0.05, 0) is 0 Å². The van der Waals surface area contributed by atoms with E-state index in [1.54, 1.807) is 0 Å². The molecular formula is C9H6ClF3N2. The number of nitrogens with zero attached hydrogens (tertiary/aromatic N) is 2. The van der Waals surface area contributed by atoms with Crippen LogP contribution in [0.4, 0.5) is 13.2 Å². The first-order valence-corrected chi connectivity index (χ1v) is 4.51. The van der Waals surface area contributed by atoms with E-state index in [-0.39, 0.29) is 0 Å². The molecule has 0 bridgehead atoms. The van der Waals surface area contributed by atoms with E-state index in [0.717, 1.165) is 12.4 Å². The molecule has 2 nitrogen and oxygen atoms in total. The Hall–Kier alpha value is -1.28. The van der Waals surface area contributed by atoms with Crippen LogP contribution in [0.5, 0.6) is 0 Å². The molecule has 0 radical (unpaired) electrons. The van der Waals surface area contributed by atoms with Crippen LogP contribution in [0.3, 0.4) is 0 Å². The summed E-state index contributed by atoms with van der Waals surface area (Å²) in [7, 11) is 0. The van der Waals surface area contributed by atoms with Crippen molar-refractivity contribution in [3.63, 3.8) is 0 Å². The molecule has 0 aliphatic heterocycles. The minimum absolute atomic E-state index is 0.341. The molecule has 1 aromatic rings. The van der Waals surface area contributed by atoms with Crippen LogP contribution in [-0.4, -0.2) is 15.8 Å². The van der Waals surface area contributed by atoms with Gasteiger partial charge in [-0.15, -0.1) is 11.6 Å². The highest BCUT2D eigenvalue weighted by Crippen LogP contribution is 2.25. The second kappa shape index (κ2) is 4.99. The lowest BCUT2D eigenvalue weighted by Gasteiger charge is -2.02. The SMILES string of the molecule is FC(F)(F)c1ncc(C#CCCCl)cn1. The van der Waals surface area contributed by atoms with Gasteiger partial charge in [0.15, 0.2) is 0 Å². The van der Waals surface area contributed by atoms with Crippen LogP contribution in [0.25, 0.3) is 0 Å². The standard InChI is InChI=1S/C9H6ClF3N2/c10-4-2-1-3-7-5-14-8(15-6-7)9(11,12)13/h5-6H,2,4H2. The van der Waals surface area contributed by atoms with Crippen LogP contribution in [0.2, 0.25) is 0 Å². The molecule has 1 rings (SSSR count). The summed E-state index contributed by atoms with van der Waals surface area (Å²) >= 11 is 5.37. The Bertz CT molecular complexity index is 375. The Morgan fingerprint density at radius 3 is 2.33 bits per heavy atom. The van der Waals surface area contributed by atoms with E-state index in [1.165, 1.54) is 0 Å². The number of rotatable bonds is 1. The molecule has 15 heavy (non-hydrogen) atoms. The van der Waals surface area contributed by atoms with Gasteiger partial charge in [-0.2, -0.15) is 13.2 Å². The van der Waals surface area contributed by atoms with Crippen molar-refractivity contribution in [3.05, 3.63) is 23.8 Å². The summed E-state index contributed by atoms with van der Waals surface area (Å²) in [6.45, 7) is 0. The lowest BCUT2D eigenvalue weighted by molar-refractivity contribution is -0.145. The first-order chi connectivity index (χ1) is 7.04. The number of halogens is 4. The third-order valence-corrected chi connectivity index (χ3v) is 1.55. The first kappa shape index (κ1) is 11.8. The van der Waals surface area contributed by atoms with E-state index >= 15 is 0 Å². The summed E-state index contributed by atoms with van der Waals surface area (Å²) in [4.78, 5) is 6.31. The van der Waals surface area contributed by atoms with Crippen molar-refractivity contribution in [2.75, 3.05) is 5.88 Å².